The summed E-state index contributed by atoms with van der Waals surface area (Å²) in [5.74, 6) is 0.380. The highest BCUT2D eigenvalue weighted by atomic mass is 16.3. The third-order valence-corrected chi connectivity index (χ3v) is 5.09. The summed E-state index contributed by atoms with van der Waals surface area (Å²) in [7, 11) is 2.02. The van der Waals surface area contributed by atoms with Crippen LogP contribution in [0.15, 0.2) is 28.9 Å². The lowest BCUT2D eigenvalue weighted by atomic mass is 10.1. The molecule has 1 fully saturated rings. The highest BCUT2D eigenvalue weighted by molar-refractivity contribution is 5.91. The summed E-state index contributed by atoms with van der Waals surface area (Å²) in [6.07, 6.45) is 2.70. The van der Waals surface area contributed by atoms with Crippen molar-refractivity contribution in [3.63, 3.8) is 0 Å². The van der Waals surface area contributed by atoms with Crippen LogP contribution < -0.4 is 0 Å². The lowest BCUT2D eigenvalue weighted by Gasteiger charge is -2.21. The van der Waals surface area contributed by atoms with Crippen molar-refractivity contribution in [2.75, 3.05) is 26.2 Å². The zero-order valence-electron chi connectivity index (χ0n) is 15.1. The Morgan fingerprint density at radius 1 is 1.12 bits per heavy atom. The Morgan fingerprint density at radius 2 is 1.84 bits per heavy atom. The number of furan rings is 1. The van der Waals surface area contributed by atoms with Crippen molar-refractivity contribution >= 4 is 11.8 Å². The molecule has 0 unspecified atom stereocenters. The maximum Gasteiger partial charge on any atom is 0.289 e. The molecule has 0 radical (unpaired) electrons. The molecule has 0 saturated carbocycles. The number of carbonyl (C=O) groups is 2. The zero-order chi connectivity index (χ0) is 18.0. The van der Waals surface area contributed by atoms with Gasteiger partial charge >= 0.3 is 0 Å². The van der Waals surface area contributed by atoms with Gasteiger partial charge in [0.15, 0.2) is 5.76 Å². The van der Waals surface area contributed by atoms with Crippen LogP contribution in [0.25, 0.3) is 0 Å². The van der Waals surface area contributed by atoms with Crippen LogP contribution in [-0.2, 0) is 18.3 Å². The number of amides is 2. The molecule has 0 bridgehead atoms. The number of aromatic nitrogens is 1. The van der Waals surface area contributed by atoms with Gasteiger partial charge in [-0.1, -0.05) is 0 Å². The molecule has 1 aliphatic rings. The number of hydrogen-bond acceptors (Lipinski definition) is 3. The third kappa shape index (κ3) is 3.62. The van der Waals surface area contributed by atoms with Crippen molar-refractivity contribution in [3.8, 4) is 0 Å². The summed E-state index contributed by atoms with van der Waals surface area (Å²) in [5, 5.41) is 0. The van der Waals surface area contributed by atoms with Gasteiger partial charge in [0.25, 0.3) is 5.91 Å². The number of aryl methyl sites for hydroxylation is 1. The van der Waals surface area contributed by atoms with Gasteiger partial charge in [-0.2, -0.15) is 0 Å². The van der Waals surface area contributed by atoms with Crippen LogP contribution in [0.4, 0.5) is 0 Å². The fraction of sp³-hybridized carbons (Fsp3) is 0.474. The summed E-state index contributed by atoms with van der Waals surface area (Å²) in [6, 6.07) is 5.47. The molecule has 6 heteroatoms. The minimum absolute atomic E-state index is 0.103. The molecule has 0 aliphatic carbocycles. The number of carbonyl (C=O) groups excluding carboxylic acids is 2. The molecule has 0 spiro atoms. The fourth-order valence-corrected chi connectivity index (χ4v) is 3.31. The SMILES string of the molecule is Cc1cc(CC(=O)N2CCCN(C(=O)c3ccco3)CC2)c(C)n1C. The van der Waals surface area contributed by atoms with E-state index >= 15 is 0 Å². The second-order valence-corrected chi connectivity index (χ2v) is 6.64. The van der Waals surface area contributed by atoms with Crippen LogP contribution in [0.1, 0.15) is 33.9 Å². The standard InChI is InChI=1S/C19H25N3O3/c1-14-12-16(15(2)20(14)3)13-18(23)21-7-5-8-22(10-9-21)19(24)17-6-4-11-25-17/h4,6,11-12H,5,7-10,13H2,1-3H3. The van der Waals surface area contributed by atoms with E-state index in [4.69, 9.17) is 4.42 Å². The summed E-state index contributed by atoms with van der Waals surface area (Å²) < 4.78 is 7.30. The molecule has 2 amide bonds. The normalized spacial score (nSPS) is 15.3. The molecule has 0 aromatic carbocycles. The van der Waals surface area contributed by atoms with Gasteiger partial charge in [0.2, 0.25) is 5.91 Å². The molecule has 6 nitrogen and oxygen atoms in total. The number of nitrogens with zero attached hydrogens (tertiary/aromatic N) is 3. The molecule has 0 atom stereocenters. The first kappa shape index (κ1) is 17.3. The first-order valence-corrected chi connectivity index (χ1v) is 8.69. The van der Waals surface area contributed by atoms with Crippen molar-refractivity contribution in [3.05, 3.63) is 47.2 Å². The fourth-order valence-electron chi connectivity index (χ4n) is 3.31. The Kier molecular flexibility index (Phi) is 4.97. The molecule has 134 valence electrons. The van der Waals surface area contributed by atoms with Gasteiger partial charge in [-0.15, -0.1) is 0 Å². The monoisotopic (exact) mass is 343 g/mol. The molecule has 3 heterocycles. The van der Waals surface area contributed by atoms with Crippen LogP contribution in [0.2, 0.25) is 0 Å². The van der Waals surface area contributed by atoms with Crippen molar-refractivity contribution in [2.24, 2.45) is 7.05 Å². The maximum atomic E-state index is 12.7. The largest absolute Gasteiger partial charge is 0.459 e. The van der Waals surface area contributed by atoms with Crippen LogP contribution in [0, 0.1) is 13.8 Å². The summed E-state index contributed by atoms with van der Waals surface area (Å²) in [6.45, 7) is 6.53. The minimum atomic E-state index is -0.103. The van der Waals surface area contributed by atoms with Crippen LogP contribution in [-0.4, -0.2) is 52.4 Å². The quantitative estimate of drug-likeness (QED) is 0.858. The lowest BCUT2D eigenvalue weighted by Crippen LogP contribution is -2.37. The van der Waals surface area contributed by atoms with E-state index in [2.05, 4.69) is 10.6 Å². The lowest BCUT2D eigenvalue weighted by molar-refractivity contribution is -0.130. The van der Waals surface area contributed by atoms with Gasteiger partial charge in [0.1, 0.15) is 0 Å². The van der Waals surface area contributed by atoms with Gasteiger partial charge in [0, 0.05) is 44.6 Å². The average Bonchev–Trinajstić information content (AvgIpc) is 3.12. The molecule has 2 aromatic rings. The highest BCUT2D eigenvalue weighted by Crippen LogP contribution is 2.16. The number of rotatable bonds is 3. The van der Waals surface area contributed by atoms with E-state index in [-0.39, 0.29) is 11.8 Å². The zero-order valence-corrected chi connectivity index (χ0v) is 15.1. The van der Waals surface area contributed by atoms with Crippen molar-refractivity contribution in [2.45, 2.75) is 26.7 Å². The van der Waals surface area contributed by atoms with E-state index in [1.54, 1.807) is 17.0 Å². The molecule has 3 rings (SSSR count). The maximum absolute atomic E-state index is 12.7. The Hall–Kier alpha value is -2.50. The van der Waals surface area contributed by atoms with Crippen LogP contribution in [0.5, 0.6) is 0 Å². The van der Waals surface area contributed by atoms with E-state index in [1.165, 1.54) is 6.26 Å². The van der Waals surface area contributed by atoms with Gasteiger partial charge in [-0.3, -0.25) is 9.59 Å². The summed E-state index contributed by atoms with van der Waals surface area (Å²) in [4.78, 5) is 28.7. The Balaban J connectivity index is 1.61. The Labute approximate surface area is 148 Å². The van der Waals surface area contributed by atoms with Gasteiger partial charge < -0.3 is 18.8 Å². The molecule has 2 aromatic heterocycles. The molecular weight excluding hydrogens is 318 g/mol. The second kappa shape index (κ2) is 7.17. The van der Waals surface area contributed by atoms with E-state index < -0.39 is 0 Å². The predicted molar refractivity (Wildman–Crippen MR) is 94.4 cm³/mol. The van der Waals surface area contributed by atoms with Crippen LogP contribution in [0.3, 0.4) is 0 Å². The van der Waals surface area contributed by atoms with E-state index in [9.17, 15) is 9.59 Å². The second-order valence-electron chi connectivity index (χ2n) is 6.64. The predicted octanol–water partition coefficient (Wildman–Crippen LogP) is 2.15. The third-order valence-electron chi connectivity index (χ3n) is 5.09. The first-order chi connectivity index (χ1) is 12.0. The molecule has 25 heavy (non-hydrogen) atoms. The van der Waals surface area contributed by atoms with Gasteiger partial charge in [-0.05, 0) is 44.0 Å². The van der Waals surface area contributed by atoms with Crippen molar-refractivity contribution in [1.82, 2.24) is 14.4 Å². The van der Waals surface area contributed by atoms with E-state index in [0.29, 0.717) is 38.4 Å². The van der Waals surface area contributed by atoms with Crippen LogP contribution >= 0.6 is 0 Å². The van der Waals surface area contributed by atoms with E-state index in [0.717, 1.165) is 23.4 Å². The molecule has 0 N–H and O–H groups in total. The van der Waals surface area contributed by atoms with Gasteiger partial charge in [-0.25, -0.2) is 0 Å². The molecular formula is C19H25N3O3. The Bertz CT molecular complexity index is 761. The average molecular weight is 343 g/mol. The summed E-state index contributed by atoms with van der Waals surface area (Å²) >= 11 is 0. The minimum Gasteiger partial charge on any atom is -0.459 e. The van der Waals surface area contributed by atoms with Gasteiger partial charge in [0.05, 0.1) is 12.7 Å². The molecule has 1 saturated heterocycles. The van der Waals surface area contributed by atoms with Crippen molar-refractivity contribution < 1.29 is 14.0 Å². The van der Waals surface area contributed by atoms with E-state index in [1.807, 2.05) is 25.8 Å². The highest BCUT2D eigenvalue weighted by Gasteiger charge is 2.24. The molecule has 1 aliphatic heterocycles. The topological polar surface area (TPSA) is 58.7 Å². The first-order valence-electron chi connectivity index (χ1n) is 8.69. The van der Waals surface area contributed by atoms with Crippen molar-refractivity contribution in [1.29, 1.82) is 0 Å². The Morgan fingerprint density at radius 3 is 2.48 bits per heavy atom. The number of hydrogen-bond donors (Lipinski definition) is 0. The smallest absolute Gasteiger partial charge is 0.289 e. The summed E-state index contributed by atoms with van der Waals surface area (Å²) in [5.41, 5.74) is 3.37.